The van der Waals surface area contributed by atoms with Crippen molar-refractivity contribution in [1.29, 1.82) is 0 Å². The van der Waals surface area contributed by atoms with Gasteiger partial charge in [-0.3, -0.25) is 0 Å². The first-order valence-electron chi connectivity index (χ1n) is 6.30. The average Bonchev–Trinajstić information content (AvgIpc) is 2.99. The van der Waals surface area contributed by atoms with Crippen LogP contribution >= 0.6 is 15.9 Å². The van der Waals surface area contributed by atoms with E-state index in [9.17, 15) is 0 Å². The minimum absolute atomic E-state index is 0.0445. The van der Waals surface area contributed by atoms with Crippen LogP contribution in [0.15, 0.2) is 38.0 Å². The standard InChI is InChI=1S/C14H18BrNO2/c1-3-7-16-13(14-11(15)6-9-18-14)10-5-8-17-12(10)4-2/h5-6,8-9,13,16H,3-4,7H2,1-2H3. The van der Waals surface area contributed by atoms with Crippen LogP contribution in [0.3, 0.4) is 0 Å². The molecule has 0 aromatic carbocycles. The molecule has 2 aromatic rings. The maximum absolute atomic E-state index is 5.60. The van der Waals surface area contributed by atoms with Gasteiger partial charge in [0.25, 0.3) is 0 Å². The van der Waals surface area contributed by atoms with Crippen LogP contribution in [0, 0.1) is 0 Å². The topological polar surface area (TPSA) is 38.3 Å². The van der Waals surface area contributed by atoms with Crippen LogP contribution < -0.4 is 5.32 Å². The second kappa shape index (κ2) is 6.25. The highest BCUT2D eigenvalue weighted by Gasteiger charge is 2.23. The lowest BCUT2D eigenvalue weighted by atomic mass is 10.0. The SMILES string of the molecule is CCCNC(c1ccoc1CC)c1occc1Br. The van der Waals surface area contributed by atoms with Crippen molar-refractivity contribution in [2.45, 2.75) is 32.7 Å². The molecule has 1 N–H and O–H groups in total. The van der Waals surface area contributed by atoms with E-state index in [4.69, 9.17) is 8.83 Å². The van der Waals surface area contributed by atoms with Gasteiger partial charge in [-0.1, -0.05) is 13.8 Å². The number of halogens is 1. The van der Waals surface area contributed by atoms with E-state index in [0.717, 1.165) is 40.9 Å². The van der Waals surface area contributed by atoms with Crippen LogP contribution in [0.2, 0.25) is 0 Å². The summed E-state index contributed by atoms with van der Waals surface area (Å²) in [6, 6.07) is 3.98. The Bertz CT molecular complexity index is 489. The van der Waals surface area contributed by atoms with Gasteiger partial charge in [-0.05, 0) is 41.0 Å². The highest BCUT2D eigenvalue weighted by Crippen LogP contribution is 2.32. The maximum atomic E-state index is 5.60. The Morgan fingerprint density at radius 2 is 2.00 bits per heavy atom. The molecule has 2 heterocycles. The van der Waals surface area contributed by atoms with Crippen molar-refractivity contribution in [3.05, 3.63) is 46.2 Å². The van der Waals surface area contributed by atoms with E-state index in [-0.39, 0.29) is 6.04 Å². The molecule has 0 spiro atoms. The zero-order chi connectivity index (χ0) is 13.0. The van der Waals surface area contributed by atoms with Crippen LogP contribution in [0.25, 0.3) is 0 Å². The molecule has 0 bridgehead atoms. The molecule has 0 amide bonds. The third-order valence-corrected chi connectivity index (χ3v) is 3.57. The van der Waals surface area contributed by atoms with E-state index in [2.05, 4.69) is 35.1 Å². The van der Waals surface area contributed by atoms with Crippen LogP contribution in [0.5, 0.6) is 0 Å². The molecule has 1 atom stereocenters. The molecule has 1 unspecified atom stereocenters. The molecular formula is C14H18BrNO2. The van der Waals surface area contributed by atoms with Crippen molar-refractivity contribution >= 4 is 15.9 Å². The first-order chi connectivity index (χ1) is 8.77. The van der Waals surface area contributed by atoms with E-state index in [1.165, 1.54) is 0 Å². The summed E-state index contributed by atoms with van der Waals surface area (Å²) in [6.45, 7) is 5.18. The molecule has 0 radical (unpaired) electrons. The van der Waals surface area contributed by atoms with Crippen molar-refractivity contribution in [2.75, 3.05) is 6.54 Å². The number of aryl methyl sites for hydroxylation is 1. The Balaban J connectivity index is 2.34. The van der Waals surface area contributed by atoms with Crippen LogP contribution in [-0.4, -0.2) is 6.54 Å². The summed E-state index contributed by atoms with van der Waals surface area (Å²) in [7, 11) is 0. The van der Waals surface area contributed by atoms with E-state index in [1.807, 2.05) is 12.1 Å². The number of rotatable bonds is 6. The second-order valence-corrected chi connectivity index (χ2v) is 5.03. The molecule has 0 saturated heterocycles. The maximum Gasteiger partial charge on any atom is 0.139 e. The number of nitrogens with one attached hydrogen (secondary N) is 1. The largest absolute Gasteiger partial charge is 0.469 e. The van der Waals surface area contributed by atoms with E-state index in [0.29, 0.717) is 0 Å². The summed E-state index contributed by atoms with van der Waals surface area (Å²) in [5.41, 5.74) is 1.15. The number of furan rings is 2. The summed E-state index contributed by atoms with van der Waals surface area (Å²) < 4.78 is 12.1. The fourth-order valence-corrected chi connectivity index (χ4v) is 2.47. The molecule has 3 nitrogen and oxygen atoms in total. The van der Waals surface area contributed by atoms with E-state index >= 15 is 0 Å². The van der Waals surface area contributed by atoms with Crippen molar-refractivity contribution in [1.82, 2.24) is 5.32 Å². The Morgan fingerprint density at radius 3 is 2.61 bits per heavy atom. The van der Waals surface area contributed by atoms with Gasteiger partial charge in [-0.15, -0.1) is 0 Å². The van der Waals surface area contributed by atoms with Crippen molar-refractivity contribution in [2.24, 2.45) is 0 Å². The average molecular weight is 312 g/mol. The third-order valence-electron chi connectivity index (χ3n) is 2.92. The van der Waals surface area contributed by atoms with Gasteiger partial charge >= 0.3 is 0 Å². The Morgan fingerprint density at radius 1 is 1.22 bits per heavy atom. The Hall–Kier alpha value is -1.00. The first kappa shape index (κ1) is 13.4. The van der Waals surface area contributed by atoms with Crippen molar-refractivity contribution < 1.29 is 8.83 Å². The zero-order valence-corrected chi connectivity index (χ0v) is 12.3. The summed E-state index contributed by atoms with van der Waals surface area (Å²) in [4.78, 5) is 0. The fraction of sp³-hybridized carbons (Fsp3) is 0.429. The molecule has 18 heavy (non-hydrogen) atoms. The van der Waals surface area contributed by atoms with Crippen LogP contribution in [0.4, 0.5) is 0 Å². The minimum Gasteiger partial charge on any atom is -0.469 e. The molecule has 0 aliphatic rings. The molecule has 2 rings (SSSR count). The Labute approximate surface area is 116 Å². The summed E-state index contributed by atoms with van der Waals surface area (Å²) in [6.07, 6.45) is 5.40. The summed E-state index contributed by atoms with van der Waals surface area (Å²) >= 11 is 3.53. The lowest BCUT2D eigenvalue weighted by Gasteiger charge is -2.16. The molecule has 4 heteroatoms. The van der Waals surface area contributed by atoms with Crippen LogP contribution in [0.1, 0.15) is 43.4 Å². The van der Waals surface area contributed by atoms with Gasteiger partial charge in [0.05, 0.1) is 23.0 Å². The minimum atomic E-state index is 0.0445. The summed E-state index contributed by atoms with van der Waals surface area (Å²) in [5, 5.41) is 3.51. The molecule has 2 aromatic heterocycles. The molecule has 0 aliphatic heterocycles. The quantitative estimate of drug-likeness (QED) is 0.865. The van der Waals surface area contributed by atoms with Gasteiger partial charge in [-0.25, -0.2) is 0 Å². The van der Waals surface area contributed by atoms with Gasteiger partial charge in [0, 0.05) is 12.0 Å². The smallest absolute Gasteiger partial charge is 0.139 e. The predicted molar refractivity (Wildman–Crippen MR) is 74.6 cm³/mol. The predicted octanol–water partition coefficient (Wildman–Crippen LogP) is 4.29. The van der Waals surface area contributed by atoms with E-state index < -0.39 is 0 Å². The third kappa shape index (κ3) is 2.70. The van der Waals surface area contributed by atoms with Crippen LogP contribution in [-0.2, 0) is 6.42 Å². The number of hydrogen-bond acceptors (Lipinski definition) is 3. The molecule has 0 aliphatic carbocycles. The lowest BCUT2D eigenvalue weighted by Crippen LogP contribution is -2.23. The van der Waals surface area contributed by atoms with Gasteiger partial charge in [0.2, 0.25) is 0 Å². The molecular weight excluding hydrogens is 294 g/mol. The zero-order valence-electron chi connectivity index (χ0n) is 10.7. The first-order valence-corrected chi connectivity index (χ1v) is 7.09. The highest BCUT2D eigenvalue weighted by atomic mass is 79.9. The Kier molecular flexibility index (Phi) is 4.66. The molecule has 0 saturated carbocycles. The molecule has 98 valence electrons. The molecule has 0 fully saturated rings. The fourth-order valence-electron chi connectivity index (χ4n) is 2.04. The normalized spacial score (nSPS) is 12.8. The number of hydrogen-bond donors (Lipinski definition) is 1. The van der Waals surface area contributed by atoms with Gasteiger partial charge in [0.1, 0.15) is 11.5 Å². The van der Waals surface area contributed by atoms with Crippen molar-refractivity contribution in [3.63, 3.8) is 0 Å². The second-order valence-electron chi connectivity index (χ2n) is 4.17. The van der Waals surface area contributed by atoms with Gasteiger partial charge in [-0.2, -0.15) is 0 Å². The van der Waals surface area contributed by atoms with Crippen molar-refractivity contribution in [3.8, 4) is 0 Å². The van der Waals surface area contributed by atoms with E-state index in [1.54, 1.807) is 12.5 Å². The van der Waals surface area contributed by atoms with Gasteiger partial charge in [0.15, 0.2) is 0 Å². The monoisotopic (exact) mass is 311 g/mol. The summed E-state index contributed by atoms with van der Waals surface area (Å²) in [5.74, 6) is 1.91. The van der Waals surface area contributed by atoms with Gasteiger partial charge < -0.3 is 14.2 Å². The highest BCUT2D eigenvalue weighted by molar-refractivity contribution is 9.10. The lowest BCUT2D eigenvalue weighted by molar-refractivity contribution is 0.434.